The molecule has 0 aromatic heterocycles. The first-order valence-corrected chi connectivity index (χ1v) is 11.3. The average Bonchev–Trinajstić information content (AvgIpc) is 3.50. The van der Waals surface area contributed by atoms with Gasteiger partial charge in [0.15, 0.2) is 0 Å². The molecule has 5 rings (SSSR count). The first kappa shape index (κ1) is 22.1. The molecule has 3 amide bonds. The molecule has 3 aliphatic rings. The van der Waals surface area contributed by atoms with E-state index in [-0.39, 0.29) is 65.5 Å². The number of hydrogen-bond acceptors (Lipinski definition) is 6. The second kappa shape index (κ2) is 8.57. The number of anilines is 2. The third kappa shape index (κ3) is 3.81. The summed E-state index contributed by atoms with van der Waals surface area (Å²) in [6.07, 6.45) is 4.93. The molecule has 2 fully saturated rings. The van der Waals surface area contributed by atoms with Crippen molar-refractivity contribution >= 4 is 46.4 Å². The number of fused-ring (bicyclic) bond motifs is 5. The Kier molecular flexibility index (Phi) is 5.57. The monoisotopic (exact) mass is 480 g/mol. The lowest BCUT2D eigenvalue weighted by Crippen LogP contribution is -2.36. The molecule has 2 aromatic rings. The van der Waals surface area contributed by atoms with Crippen LogP contribution < -0.4 is 10.6 Å². The number of nitrogens with one attached hydrogen (secondary N) is 2. The van der Waals surface area contributed by atoms with Crippen LogP contribution >= 0.6 is 11.6 Å². The largest absolute Gasteiger partial charge is 0.378 e. The Morgan fingerprint density at radius 2 is 1.71 bits per heavy atom. The van der Waals surface area contributed by atoms with E-state index in [1.54, 1.807) is 24.3 Å². The topological polar surface area (TPSA) is 122 Å². The molecule has 2 N–H and O–H groups in total. The van der Waals surface area contributed by atoms with E-state index in [1.807, 2.05) is 12.2 Å². The van der Waals surface area contributed by atoms with Crippen LogP contribution in [-0.2, 0) is 9.59 Å². The van der Waals surface area contributed by atoms with Crippen molar-refractivity contribution in [3.05, 3.63) is 75.3 Å². The maximum atomic E-state index is 12.8. The number of amides is 3. The van der Waals surface area contributed by atoms with Gasteiger partial charge in [0, 0.05) is 35.4 Å². The lowest BCUT2D eigenvalue weighted by atomic mass is 9.85. The molecular weight excluding hydrogens is 460 g/mol. The molecule has 2 bridgehead atoms. The summed E-state index contributed by atoms with van der Waals surface area (Å²) in [5.41, 5.74) is 0.552. The van der Waals surface area contributed by atoms with E-state index in [1.165, 1.54) is 23.1 Å². The molecule has 34 heavy (non-hydrogen) atoms. The summed E-state index contributed by atoms with van der Waals surface area (Å²) in [6, 6.07) is 10.6. The second-order valence-corrected chi connectivity index (χ2v) is 9.14. The lowest BCUT2D eigenvalue weighted by molar-refractivity contribution is -0.384. The van der Waals surface area contributed by atoms with Crippen molar-refractivity contribution < 1.29 is 19.3 Å². The maximum absolute atomic E-state index is 12.8. The van der Waals surface area contributed by atoms with Gasteiger partial charge in [0.25, 0.3) is 11.6 Å². The summed E-state index contributed by atoms with van der Waals surface area (Å²) in [5.74, 6) is -1.07. The van der Waals surface area contributed by atoms with Crippen molar-refractivity contribution in [2.45, 2.75) is 6.42 Å². The fourth-order valence-corrected chi connectivity index (χ4v) is 5.32. The highest BCUT2D eigenvalue weighted by Gasteiger charge is 2.58. The molecule has 1 aliphatic heterocycles. The highest BCUT2D eigenvalue weighted by molar-refractivity contribution is 6.30. The Hall–Kier alpha value is -3.72. The van der Waals surface area contributed by atoms with E-state index in [9.17, 15) is 24.5 Å². The van der Waals surface area contributed by atoms with E-state index in [4.69, 9.17) is 11.6 Å². The van der Waals surface area contributed by atoms with Gasteiger partial charge < -0.3 is 10.6 Å². The standard InChI is InChI=1S/C24H21ClN4O5/c25-16-4-6-17(7-5-16)27-22(30)15-3-8-18(19(12-15)29(33)34)26-9-10-28-23(31)20-13-1-2-14(11-13)21(20)24(28)32/h1-8,12-14,20-21,26H,9-11H2,(H,27,30)/t13-,14+,20-,21+. The number of carbonyl (C=O) groups excluding carboxylic acids is 3. The number of halogens is 1. The normalized spacial score (nSPS) is 24.4. The quantitative estimate of drug-likeness (QED) is 0.269. The Labute approximate surface area is 199 Å². The van der Waals surface area contributed by atoms with E-state index in [0.29, 0.717) is 10.7 Å². The van der Waals surface area contributed by atoms with Gasteiger partial charge in [0.2, 0.25) is 11.8 Å². The summed E-state index contributed by atoms with van der Waals surface area (Å²) >= 11 is 5.84. The minimum absolute atomic E-state index is 0.118. The Balaban J connectivity index is 1.24. The zero-order valence-electron chi connectivity index (χ0n) is 17.9. The molecule has 174 valence electrons. The van der Waals surface area contributed by atoms with Crippen LogP contribution in [0.5, 0.6) is 0 Å². The molecule has 9 nitrogen and oxygen atoms in total. The molecule has 1 saturated carbocycles. The molecule has 4 atom stereocenters. The zero-order chi connectivity index (χ0) is 24.0. The van der Waals surface area contributed by atoms with Gasteiger partial charge >= 0.3 is 0 Å². The van der Waals surface area contributed by atoms with E-state index in [0.717, 1.165) is 6.42 Å². The van der Waals surface area contributed by atoms with E-state index < -0.39 is 10.8 Å². The van der Waals surface area contributed by atoms with Crippen LogP contribution in [0.25, 0.3) is 0 Å². The van der Waals surface area contributed by atoms with Gasteiger partial charge in [0.05, 0.1) is 16.8 Å². The summed E-state index contributed by atoms with van der Waals surface area (Å²) < 4.78 is 0. The molecule has 2 aromatic carbocycles. The maximum Gasteiger partial charge on any atom is 0.293 e. The number of hydrogen-bond donors (Lipinski definition) is 2. The second-order valence-electron chi connectivity index (χ2n) is 8.70. The number of imide groups is 1. The number of carbonyl (C=O) groups is 3. The number of likely N-dealkylation sites (tertiary alicyclic amines) is 1. The Morgan fingerprint density at radius 3 is 2.32 bits per heavy atom. The van der Waals surface area contributed by atoms with Gasteiger partial charge in [-0.25, -0.2) is 0 Å². The predicted molar refractivity (Wildman–Crippen MR) is 125 cm³/mol. The molecule has 1 heterocycles. The molecular formula is C24H21ClN4O5. The summed E-state index contributed by atoms with van der Waals surface area (Å²) in [5, 5.41) is 17.7. The number of benzene rings is 2. The third-order valence-corrected chi connectivity index (χ3v) is 7.02. The predicted octanol–water partition coefficient (Wildman–Crippen LogP) is 3.72. The van der Waals surface area contributed by atoms with Gasteiger partial charge in [-0.2, -0.15) is 0 Å². The molecule has 0 unspecified atom stereocenters. The summed E-state index contributed by atoms with van der Waals surface area (Å²) in [6.45, 7) is 0.289. The number of nitro groups is 1. The minimum atomic E-state index is -0.582. The van der Waals surface area contributed by atoms with Crippen LogP contribution in [-0.4, -0.2) is 40.6 Å². The van der Waals surface area contributed by atoms with E-state index in [2.05, 4.69) is 10.6 Å². The van der Waals surface area contributed by atoms with Crippen molar-refractivity contribution in [1.29, 1.82) is 0 Å². The number of allylic oxidation sites excluding steroid dienone is 2. The smallest absolute Gasteiger partial charge is 0.293 e. The molecule has 0 radical (unpaired) electrons. The van der Waals surface area contributed by atoms with Crippen LogP contribution in [0.1, 0.15) is 16.8 Å². The molecule has 2 aliphatic carbocycles. The lowest BCUT2D eigenvalue weighted by Gasteiger charge is -2.18. The van der Waals surface area contributed by atoms with Crippen LogP contribution in [0.2, 0.25) is 5.02 Å². The van der Waals surface area contributed by atoms with Crippen molar-refractivity contribution in [3.8, 4) is 0 Å². The molecule has 10 heteroatoms. The van der Waals surface area contributed by atoms with Crippen LogP contribution in [0.15, 0.2) is 54.6 Å². The first-order valence-electron chi connectivity index (χ1n) is 11.0. The van der Waals surface area contributed by atoms with Crippen molar-refractivity contribution in [1.82, 2.24) is 4.90 Å². The van der Waals surface area contributed by atoms with Crippen LogP contribution in [0, 0.1) is 33.8 Å². The summed E-state index contributed by atoms with van der Waals surface area (Å²) in [7, 11) is 0. The Bertz CT molecular complexity index is 1200. The highest BCUT2D eigenvalue weighted by atomic mass is 35.5. The van der Waals surface area contributed by atoms with Gasteiger partial charge in [-0.15, -0.1) is 0 Å². The number of nitrogens with zero attached hydrogens (tertiary/aromatic N) is 2. The summed E-state index contributed by atoms with van der Waals surface area (Å²) in [4.78, 5) is 50.4. The van der Waals surface area contributed by atoms with Gasteiger partial charge in [-0.1, -0.05) is 23.8 Å². The highest BCUT2D eigenvalue weighted by Crippen LogP contribution is 2.52. The van der Waals surface area contributed by atoms with Crippen molar-refractivity contribution in [3.63, 3.8) is 0 Å². The fraction of sp³-hybridized carbons (Fsp3) is 0.292. The average molecular weight is 481 g/mol. The number of nitro benzene ring substituents is 1. The fourth-order valence-electron chi connectivity index (χ4n) is 5.20. The minimum Gasteiger partial charge on any atom is -0.378 e. The van der Waals surface area contributed by atoms with Crippen LogP contribution in [0.4, 0.5) is 17.1 Å². The van der Waals surface area contributed by atoms with Crippen LogP contribution in [0.3, 0.4) is 0 Å². The zero-order valence-corrected chi connectivity index (χ0v) is 18.7. The Morgan fingerprint density at radius 1 is 1.06 bits per heavy atom. The SMILES string of the molecule is O=C(Nc1ccc(Cl)cc1)c1ccc(NCCN2C(=O)[C@@H]3[C@H](C2=O)[C@@H]2C=C[C@H]3C2)c([N+](=O)[O-])c1. The van der Waals surface area contributed by atoms with Crippen molar-refractivity contribution in [2.24, 2.45) is 23.7 Å². The molecule has 1 saturated heterocycles. The molecule has 0 spiro atoms. The van der Waals surface area contributed by atoms with E-state index >= 15 is 0 Å². The van der Waals surface area contributed by atoms with Gasteiger partial charge in [-0.3, -0.25) is 29.4 Å². The van der Waals surface area contributed by atoms with Gasteiger partial charge in [-0.05, 0) is 54.7 Å². The first-order chi connectivity index (χ1) is 16.3. The van der Waals surface area contributed by atoms with Crippen molar-refractivity contribution in [2.75, 3.05) is 23.7 Å². The number of rotatable bonds is 7. The van der Waals surface area contributed by atoms with Gasteiger partial charge in [0.1, 0.15) is 5.69 Å². The third-order valence-electron chi connectivity index (χ3n) is 6.77.